The molecule has 1 aromatic carbocycles. The predicted molar refractivity (Wildman–Crippen MR) is 69.3 cm³/mol. The molecule has 100 valence electrons. The SMILES string of the molecule is CC(NC1CCCCC1C)c1ccc(F)c(F)c1. The highest BCUT2D eigenvalue weighted by atomic mass is 19.2. The van der Waals surface area contributed by atoms with E-state index in [0.717, 1.165) is 5.56 Å². The van der Waals surface area contributed by atoms with E-state index >= 15 is 0 Å². The Morgan fingerprint density at radius 1 is 1.17 bits per heavy atom. The summed E-state index contributed by atoms with van der Waals surface area (Å²) in [6.07, 6.45) is 4.99. The van der Waals surface area contributed by atoms with Crippen LogP contribution >= 0.6 is 0 Å². The first-order valence-electron chi connectivity index (χ1n) is 6.79. The molecule has 3 unspecified atom stereocenters. The largest absolute Gasteiger partial charge is 0.307 e. The molecule has 1 fully saturated rings. The Balaban J connectivity index is 2.02. The molecule has 1 aliphatic carbocycles. The van der Waals surface area contributed by atoms with Gasteiger partial charge < -0.3 is 5.32 Å². The van der Waals surface area contributed by atoms with Crippen LogP contribution in [0, 0.1) is 17.6 Å². The third kappa shape index (κ3) is 3.08. The third-order valence-electron chi connectivity index (χ3n) is 4.02. The van der Waals surface area contributed by atoms with Crippen LogP contribution < -0.4 is 5.32 Å². The highest BCUT2D eigenvalue weighted by Gasteiger charge is 2.23. The maximum absolute atomic E-state index is 13.2. The van der Waals surface area contributed by atoms with Crippen molar-refractivity contribution in [1.29, 1.82) is 0 Å². The van der Waals surface area contributed by atoms with Crippen molar-refractivity contribution in [2.45, 2.75) is 51.6 Å². The monoisotopic (exact) mass is 253 g/mol. The minimum atomic E-state index is -0.781. The van der Waals surface area contributed by atoms with E-state index in [1.54, 1.807) is 6.07 Å². The molecule has 1 nitrogen and oxygen atoms in total. The van der Waals surface area contributed by atoms with Gasteiger partial charge in [0.2, 0.25) is 0 Å². The van der Waals surface area contributed by atoms with Crippen LogP contribution in [0.3, 0.4) is 0 Å². The van der Waals surface area contributed by atoms with Crippen molar-refractivity contribution in [3.63, 3.8) is 0 Å². The van der Waals surface area contributed by atoms with E-state index < -0.39 is 11.6 Å². The van der Waals surface area contributed by atoms with Crippen LogP contribution in [-0.4, -0.2) is 6.04 Å². The van der Waals surface area contributed by atoms with Crippen molar-refractivity contribution >= 4 is 0 Å². The van der Waals surface area contributed by atoms with Gasteiger partial charge in [-0.1, -0.05) is 25.8 Å². The molecule has 1 saturated carbocycles. The summed E-state index contributed by atoms with van der Waals surface area (Å²) in [5.41, 5.74) is 0.812. The number of benzene rings is 1. The Bertz CT molecular complexity index is 405. The van der Waals surface area contributed by atoms with Gasteiger partial charge in [-0.05, 0) is 43.4 Å². The van der Waals surface area contributed by atoms with Gasteiger partial charge in [-0.2, -0.15) is 0 Å². The lowest BCUT2D eigenvalue weighted by Crippen LogP contribution is -2.38. The molecule has 3 heteroatoms. The summed E-state index contributed by atoms with van der Waals surface area (Å²) in [5, 5.41) is 3.54. The fraction of sp³-hybridized carbons (Fsp3) is 0.600. The molecule has 1 aromatic rings. The van der Waals surface area contributed by atoms with E-state index in [1.165, 1.54) is 37.8 Å². The molecule has 0 amide bonds. The quantitative estimate of drug-likeness (QED) is 0.851. The summed E-state index contributed by atoms with van der Waals surface area (Å²) in [4.78, 5) is 0. The maximum Gasteiger partial charge on any atom is 0.159 e. The Labute approximate surface area is 108 Å². The number of nitrogens with one attached hydrogen (secondary N) is 1. The molecule has 3 atom stereocenters. The second-order valence-electron chi connectivity index (χ2n) is 5.43. The zero-order valence-electron chi connectivity index (χ0n) is 11.0. The lowest BCUT2D eigenvalue weighted by molar-refractivity contribution is 0.263. The van der Waals surface area contributed by atoms with Gasteiger partial charge in [0.1, 0.15) is 0 Å². The summed E-state index contributed by atoms with van der Waals surface area (Å²) in [6.45, 7) is 4.27. The van der Waals surface area contributed by atoms with Crippen LogP contribution in [0.25, 0.3) is 0 Å². The van der Waals surface area contributed by atoms with Crippen molar-refractivity contribution in [3.8, 4) is 0 Å². The van der Waals surface area contributed by atoms with Crippen molar-refractivity contribution in [3.05, 3.63) is 35.4 Å². The summed E-state index contributed by atoms with van der Waals surface area (Å²) in [6, 6.07) is 4.70. The lowest BCUT2D eigenvalue weighted by atomic mass is 9.85. The van der Waals surface area contributed by atoms with E-state index in [9.17, 15) is 8.78 Å². The Morgan fingerprint density at radius 2 is 1.89 bits per heavy atom. The average Bonchev–Trinajstić information content (AvgIpc) is 2.35. The molecule has 18 heavy (non-hydrogen) atoms. The first-order chi connectivity index (χ1) is 8.58. The normalized spacial score (nSPS) is 26.0. The van der Waals surface area contributed by atoms with Crippen LogP contribution in [-0.2, 0) is 0 Å². The molecule has 0 aromatic heterocycles. The van der Waals surface area contributed by atoms with Crippen molar-refractivity contribution in [2.75, 3.05) is 0 Å². The van der Waals surface area contributed by atoms with Crippen LogP contribution in [0.2, 0.25) is 0 Å². The number of hydrogen-bond donors (Lipinski definition) is 1. The van der Waals surface area contributed by atoms with E-state index in [2.05, 4.69) is 12.2 Å². The minimum Gasteiger partial charge on any atom is -0.307 e. The van der Waals surface area contributed by atoms with Gasteiger partial charge in [-0.15, -0.1) is 0 Å². The molecule has 0 spiro atoms. The first-order valence-corrected chi connectivity index (χ1v) is 6.79. The number of hydrogen-bond acceptors (Lipinski definition) is 1. The molecule has 1 N–H and O–H groups in total. The Kier molecular flexibility index (Phi) is 4.33. The molecular weight excluding hydrogens is 232 g/mol. The van der Waals surface area contributed by atoms with Gasteiger partial charge in [-0.25, -0.2) is 8.78 Å². The van der Waals surface area contributed by atoms with Gasteiger partial charge in [0, 0.05) is 12.1 Å². The molecule has 0 radical (unpaired) electrons. The summed E-state index contributed by atoms with van der Waals surface area (Å²) >= 11 is 0. The fourth-order valence-electron chi connectivity index (χ4n) is 2.76. The minimum absolute atomic E-state index is 0.0608. The summed E-state index contributed by atoms with van der Waals surface area (Å²) in [5.74, 6) is -0.888. The van der Waals surface area contributed by atoms with E-state index in [0.29, 0.717) is 12.0 Å². The molecule has 0 heterocycles. The fourth-order valence-corrected chi connectivity index (χ4v) is 2.76. The smallest absolute Gasteiger partial charge is 0.159 e. The zero-order chi connectivity index (χ0) is 13.1. The van der Waals surface area contributed by atoms with E-state index in [1.807, 2.05) is 6.92 Å². The van der Waals surface area contributed by atoms with Crippen LogP contribution in [0.4, 0.5) is 8.78 Å². The van der Waals surface area contributed by atoms with Crippen LogP contribution in [0.5, 0.6) is 0 Å². The van der Waals surface area contributed by atoms with Gasteiger partial charge in [0.25, 0.3) is 0 Å². The Morgan fingerprint density at radius 3 is 2.56 bits per heavy atom. The number of halogens is 2. The maximum atomic E-state index is 13.2. The molecular formula is C15H21F2N. The van der Waals surface area contributed by atoms with Crippen LogP contribution in [0.1, 0.15) is 51.1 Å². The predicted octanol–water partition coefficient (Wildman–Crippen LogP) is 4.19. The van der Waals surface area contributed by atoms with Crippen molar-refractivity contribution in [1.82, 2.24) is 5.32 Å². The highest BCUT2D eigenvalue weighted by Crippen LogP contribution is 2.26. The van der Waals surface area contributed by atoms with Gasteiger partial charge in [0.15, 0.2) is 11.6 Å². The lowest BCUT2D eigenvalue weighted by Gasteiger charge is -2.32. The standard InChI is InChI=1S/C15H21F2N/c1-10-5-3-4-6-15(10)18-11(2)12-7-8-13(16)14(17)9-12/h7-11,15,18H,3-6H2,1-2H3. The van der Waals surface area contributed by atoms with Gasteiger partial charge >= 0.3 is 0 Å². The molecule has 2 rings (SSSR count). The second kappa shape index (κ2) is 5.79. The number of rotatable bonds is 3. The summed E-state index contributed by atoms with van der Waals surface area (Å²) in [7, 11) is 0. The first kappa shape index (κ1) is 13.5. The Hall–Kier alpha value is -0.960. The molecule has 1 aliphatic rings. The van der Waals surface area contributed by atoms with Crippen molar-refractivity contribution in [2.24, 2.45) is 5.92 Å². The van der Waals surface area contributed by atoms with E-state index in [-0.39, 0.29) is 6.04 Å². The van der Waals surface area contributed by atoms with Gasteiger partial charge in [0.05, 0.1) is 0 Å². The molecule has 0 saturated heterocycles. The second-order valence-corrected chi connectivity index (χ2v) is 5.43. The van der Waals surface area contributed by atoms with Crippen LogP contribution in [0.15, 0.2) is 18.2 Å². The van der Waals surface area contributed by atoms with Gasteiger partial charge in [-0.3, -0.25) is 0 Å². The zero-order valence-corrected chi connectivity index (χ0v) is 11.0. The molecule has 0 aliphatic heterocycles. The topological polar surface area (TPSA) is 12.0 Å². The highest BCUT2D eigenvalue weighted by molar-refractivity contribution is 5.21. The average molecular weight is 253 g/mol. The molecule has 0 bridgehead atoms. The third-order valence-corrected chi connectivity index (χ3v) is 4.02. The van der Waals surface area contributed by atoms with Crippen molar-refractivity contribution < 1.29 is 8.78 Å². The summed E-state index contributed by atoms with van der Waals surface area (Å²) < 4.78 is 26.1. The van der Waals surface area contributed by atoms with E-state index in [4.69, 9.17) is 0 Å².